The molecule has 5 heteroatoms. The van der Waals surface area contributed by atoms with Crippen LogP contribution in [0.1, 0.15) is 31.4 Å². The van der Waals surface area contributed by atoms with Crippen LogP contribution in [0.25, 0.3) is 0 Å². The Morgan fingerprint density at radius 1 is 1.32 bits per heavy atom. The monoisotopic (exact) mass is 390 g/mol. The molecule has 0 unspecified atom stereocenters. The van der Waals surface area contributed by atoms with Gasteiger partial charge in [-0.1, -0.05) is 13.8 Å². The molecule has 3 nitrogen and oxygen atoms in total. The van der Waals surface area contributed by atoms with Gasteiger partial charge in [0.2, 0.25) is 5.91 Å². The summed E-state index contributed by atoms with van der Waals surface area (Å²) in [5.41, 5.74) is 3.23. The van der Waals surface area contributed by atoms with E-state index in [0.29, 0.717) is 17.5 Å². The van der Waals surface area contributed by atoms with E-state index in [1.807, 2.05) is 33.8 Å². The molecule has 0 spiro atoms. The summed E-state index contributed by atoms with van der Waals surface area (Å²) in [6.45, 7) is 8.07. The van der Waals surface area contributed by atoms with Gasteiger partial charge in [-0.25, -0.2) is 0 Å². The third-order valence-electron chi connectivity index (χ3n) is 2.60. The number of rotatable bonds is 3. The molecule has 0 aliphatic rings. The Labute approximate surface area is 133 Å². The van der Waals surface area contributed by atoms with Crippen LogP contribution in [0.4, 0.5) is 5.69 Å². The number of anilines is 1. The highest BCUT2D eigenvalue weighted by Gasteiger charge is 2.09. The Bertz CT molecular complexity index is 500. The van der Waals surface area contributed by atoms with E-state index in [1.165, 1.54) is 9.13 Å². The van der Waals surface area contributed by atoms with Gasteiger partial charge in [0.05, 0.1) is 0 Å². The van der Waals surface area contributed by atoms with Crippen molar-refractivity contribution in [3.63, 3.8) is 0 Å². The van der Waals surface area contributed by atoms with Crippen LogP contribution >= 0.6 is 34.8 Å². The fourth-order valence-corrected chi connectivity index (χ4v) is 2.46. The zero-order chi connectivity index (χ0) is 14.6. The standard InChI is InChI=1S/C14H19IN2OS/c1-8(2)5-13(18)17-14(19)16-12-7-9(3)11(15)6-10(12)4/h6-8H,5H2,1-4H3,(H2,16,17,18,19). The van der Waals surface area contributed by atoms with Crippen LogP contribution in [0.15, 0.2) is 12.1 Å². The van der Waals surface area contributed by atoms with E-state index in [9.17, 15) is 4.79 Å². The van der Waals surface area contributed by atoms with Gasteiger partial charge >= 0.3 is 0 Å². The highest BCUT2D eigenvalue weighted by molar-refractivity contribution is 14.1. The number of hydrogen-bond acceptors (Lipinski definition) is 2. The maximum atomic E-state index is 11.6. The first-order chi connectivity index (χ1) is 8.79. The van der Waals surface area contributed by atoms with Crippen molar-refractivity contribution in [1.82, 2.24) is 5.32 Å². The lowest BCUT2D eigenvalue weighted by Crippen LogP contribution is -2.34. The molecular formula is C14H19IN2OS. The van der Waals surface area contributed by atoms with Crippen LogP contribution in [0.5, 0.6) is 0 Å². The minimum absolute atomic E-state index is 0.0487. The van der Waals surface area contributed by atoms with Gasteiger partial charge in [-0.3, -0.25) is 4.79 Å². The van der Waals surface area contributed by atoms with E-state index >= 15 is 0 Å². The molecule has 0 aliphatic carbocycles. The fraction of sp³-hybridized carbons (Fsp3) is 0.429. The number of nitrogens with one attached hydrogen (secondary N) is 2. The van der Waals surface area contributed by atoms with Crippen molar-refractivity contribution in [2.45, 2.75) is 34.1 Å². The van der Waals surface area contributed by atoms with Crippen LogP contribution in [0.3, 0.4) is 0 Å². The molecule has 1 rings (SSSR count). The van der Waals surface area contributed by atoms with E-state index in [0.717, 1.165) is 11.3 Å². The lowest BCUT2D eigenvalue weighted by molar-refractivity contribution is -0.120. The Morgan fingerprint density at radius 2 is 1.95 bits per heavy atom. The number of aryl methyl sites for hydroxylation is 2. The number of amides is 1. The number of carbonyl (C=O) groups is 1. The summed E-state index contributed by atoms with van der Waals surface area (Å²) in [5.74, 6) is 0.275. The van der Waals surface area contributed by atoms with E-state index in [4.69, 9.17) is 12.2 Å². The zero-order valence-corrected chi connectivity index (χ0v) is 14.6. The van der Waals surface area contributed by atoms with Crippen molar-refractivity contribution in [3.8, 4) is 0 Å². The van der Waals surface area contributed by atoms with Crippen molar-refractivity contribution >= 4 is 51.5 Å². The summed E-state index contributed by atoms with van der Waals surface area (Å²) >= 11 is 7.46. The van der Waals surface area contributed by atoms with Crippen LogP contribution < -0.4 is 10.6 Å². The number of benzene rings is 1. The van der Waals surface area contributed by atoms with Gasteiger partial charge in [0, 0.05) is 15.7 Å². The molecule has 1 aromatic carbocycles. The second-order valence-corrected chi connectivity index (χ2v) is 6.59. The molecule has 0 atom stereocenters. The minimum Gasteiger partial charge on any atom is -0.332 e. The average molecular weight is 390 g/mol. The molecule has 0 bridgehead atoms. The van der Waals surface area contributed by atoms with Crippen LogP contribution in [-0.2, 0) is 4.79 Å². The zero-order valence-electron chi connectivity index (χ0n) is 11.6. The lowest BCUT2D eigenvalue weighted by atomic mass is 10.1. The Kier molecular flexibility index (Phi) is 6.19. The number of thiocarbonyl (C=S) groups is 1. The summed E-state index contributed by atoms with van der Waals surface area (Å²) in [6.07, 6.45) is 0.479. The molecule has 0 saturated heterocycles. The molecule has 0 saturated carbocycles. The lowest BCUT2D eigenvalue weighted by Gasteiger charge is -2.14. The smallest absolute Gasteiger partial charge is 0.226 e. The largest absolute Gasteiger partial charge is 0.332 e. The molecule has 0 heterocycles. The van der Waals surface area contributed by atoms with Gasteiger partial charge in [0.15, 0.2) is 5.11 Å². The summed E-state index contributed by atoms with van der Waals surface area (Å²) < 4.78 is 1.22. The normalized spacial score (nSPS) is 10.4. The molecule has 1 aromatic rings. The van der Waals surface area contributed by atoms with Crippen molar-refractivity contribution < 1.29 is 4.79 Å². The van der Waals surface area contributed by atoms with Gasteiger partial charge in [-0.05, 0) is 77.8 Å². The number of halogens is 1. The quantitative estimate of drug-likeness (QED) is 0.610. The first-order valence-electron chi connectivity index (χ1n) is 6.17. The van der Waals surface area contributed by atoms with E-state index in [1.54, 1.807) is 0 Å². The highest BCUT2D eigenvalue weighted by Crippen LogP contribution is 2.21. The van der Waals surface area contributed by atoms with Gasteiger partial charge in [-0.15, -0.1) is 0 Å². The molecule has 0 fully saturated rings. The predicted octanol–water partition coefficient (Wildman–Crippen LogP) is 3.77. The molecule has 0 radical (unpaired) electrons. The third-order valence-corrected chi connectivity index (χ3v) is 3.97. The number of hydrogen-bond donors (Lipinski definition) is 2. The first kappa shape index (κ1) is 16.4. The molecule has 0 aromatic heterocycles. The SMILES string of the molecule is Cc1cc(NC(=S)NC(=O)CC(C)C)c(C)cc1I. The molecular weight excluding hydrogens is 371 g/mol. The molecule has 1 amide bonds. The first-order valence-corrected chi connectivity index (χ1v) is 7.66. The van der Waals surface area contributed by atoms with Gasteiger partial charge in [0.25, 0.3) is 0 Å². The van der Waals surface area contributed by atoms with E-state index in [2.05, 4.69) is 39.3 Å². The summed E-state index contributed by atoms with van der Waals surface area (Å²) in [7, 11) is 0. The summed E-state index contributed by atoms with van der Waals surface area (Å²) in [5, 5.41) is 6.13. The second kappa shape index (κ2) is 7.19. The van der Waals surface area contributed by atoms with Crippen molar-refractivity contribution in [3.05, 3.63) is 26.8 Å². The van der Waals surface area contributed by atoms with Crippen LogP contribution in [0.2, 0.25) is 0 Å². The maximum Gasteiger partial charge on any atom is 0.226 e. The molecule has 104 valence electrons. The summed E-state index contributed by atoms with van der Waals surface area (Å²) in [6, 6.07) is 4.13. The molecule has 19 heavy (non-hydrogen) atoms. The Balaban J connectivity index is 2.67. The highest BCUT2D eigenvalue weighted by atomic mass is 127. The minimum atomic E-state index is -0.0487. The van der Waals surface area contributed by atoms with Crippen LogP contribution in [0, 0.1) is 23.3 Å². The van der Waals surface area contributed by atoms with Crippen molar-refractivity contribution in [1.29, 1.82) is 0 Å². The van der Waals surface area contributed by atoms with Gasteiger partial charge < -0.3 is 10.6 Å². The molecule has 0 aliphatic heterocycles. The Hall–Kier alpha value is -0.690. The average Bonchev–Trinajstić information content (AvgIpc) is 2.24. The Morgan fingerprint density at radius 3 is 2.53 bits per heavy atom. The summed E-state index contributed by atoms with van der Waals surface area (Å²) in [4.78, 5) is 11.6. The van der Waals surface area contributed by atoms with E-state index < -0.39 is 0 Å². The fourth-order valence-electron chi connectivity index (χ4n) is 1.62. The maximum absolute atomic E-state index is 11.6. The van der Waals surface area contributed by atoms with Crippen molar-refractivity contribution in [2.24, 2.45) is 5.92 Å². The topological polar surface area (TPSA) is 41.1 Å². The van der Waals surface area contributed by atoms with E-state index in [-0.39, 0.29) is 5.91 Å². The third kappa shape index (κ3) is 5.44. The van der Waals surface area contributed by atoms with Crippen LogP contribution in [-0.4, -0.2) is 11.0 Å². The predicted molar refractivity (Wildman–Crippen MR) is 92.5 cm³/mol. The molecule has 2 N–H and O–H groups in total. The van der Waals surface area contributed by atoms with Gasteiger partial charge in [0.1, 0.15) is 0 Å². The number of carbonyl (C=O) groups excluding carboxylic acids is 1. The van der Waals surface area contributed by atoms with Crippen molar-refractivity contribution in [2.75, 3.05) is 5.32 Å². The van der Waals surface area contributed by atoms with Gasteiger partial charge in [-0.2, -0.15) is 0 Å². The second-order valence-electron chi connectivity index (χ2n) is 5.02.